The number of nitrogens with zero attached hydrogens (tertiary/aromatic N) is 2. The third kappa shape index (κ3) is 3.92. The number of benzene rings is 1. The highest BCUT2D eigenvalue weighted by Gasteiger charge is 2.27. The van der Waals surface area contributed by atoms with Crippen LogP contribution in [0.5, 0.6) is 5.75 Å². The van der Waals surface area contributed by atoms with E-state index in [4.69, 9.17) is 9.47 Å². The summed E-state index contributed by atoms with van der Waals surface area (Å²) in [7, 11) is 3.76. The molecule has 0 radical (unpaired) electrons. The van der Waals surface area contributed by atoms with Crippen LogP contribution in [0.3, 0.4) is 0 Å². The highest BCUT2D eigenvalue weighted by atomic mass is 16.5. The Kier molecular flexibility index (Phi) is 5.31. The standard InChI is InChI=1S/C18H25N3O2/c1-21-9-8-19-18(21)17(15-6-10-23-11-7-15)20-13-14-4-3-5-16(12-14)22-2/h3-5,8-9,12,15,17,20H,6-7,10-11,13H2,1-2H3/t17-/m0/s1. The van der Waals surface area contributed by atoms with Gasteiger partial charge in [-0.3, -0.25) is 0 Å². The van der Waals surface area contributed by atoms with E-state index in [1.165, 1.54) is 5.56 Å². The van der Waals surface area contributed by atoms with Gasteiger partial charge in [-0.2, -0.15) is 0 Å². The molecule has 5 heteroatoms. The largest absolute Gasteiger partial charge is 0.497 e. The molecule has 1 fully saturated rings. The third-order valence-electron chi connectivity index (χ3n) is 4.53. The lowest BCUT2D eigenvalue weighted by Gasteiger charge is -2.30. The maximum Gasteiger partial charge on any atom is 0.125 e. The minimum atomic E-state index is 0.241. The molecular weight excluding hydrogens is 290 g/mol. The zero-order chi connectivity index (χ0) is 16.1. The molecule has 1 aromatic carbocycles. The first kappa shape index (κ1) is 16.0. The van der Waals surface area contributed by atoms with Gasteiger partial charge in [-0.05, 0) is 36.5 Å². The molecule has 2 heterocycles. The fourth-order valence-electron chi connectivity index (χ4n) is 3.20. The second kappa shape index (κ2) is 7.62. The van der Waals surface area contributed by atoms with Crippen molar-refractivity contribution in [2.75, 3.05) is 20.3 Å². The van der Waals surface area contributed by atoms with Crippen molar-refractivity contribution < 1.29 is 9.47 Å². The number of rotatable bonds is 6. The van der Waals surface area contributed by atoms with Gasteiger partial charge in [-0.1, -0.05) is 12.1 Å². The summed E-state index contributed by atoms with van der Waals surface area (Å²) >= 11 is 0. The zero-order valence-electron chi connectivity index (χ0n) is 13.9. The summed E-state index contributed by atoms with van der Waals surface area (Å²) in [6.07, 6.45) is 6.02. The quantitative estimate of drug-likeness (QED) is 0.890. The lowest BCUT2D eigenvalue weighted by atomic mass is 9.91. The first-order valence-corrected chi connectivity index (χ1v) is 8.19. The Morgan fingerprint density at radius 3 is 2.91 bits per heavy atom. The van der Waals surface area contributed by atoms with Crippen molar-refractivity contribution >= 4 is 0 Å². The third-order valence-corrected chi connectivity index (χ3v) is 4.53. The molecule has 5 nitrogen and oxygen atoms in total. The minimum absolute atomic E-state index is 0.241. The summed E-state index contributed by atoms with van der Waals surface area (Å²) in [5.74, 6) is 2.54. The summed E-state index contributed by atoms with van der Waals surface area (Å²) in [5, 5.41) is 3.71. The molecule has 1 N–H and O–H groups in total. The predicted molar refractivity (Wildman–Crippen MR) is 89.3 cm³/mol. The molecule has 2 aromatic rings. The number of hydrogen-bond acceptors (Lipinski definition) is 4. The van der Waals surface area contributed by atoms with E-state index in [1.54, 1.807) is 7.11 Å². The Morgan fingerprint density at radius 2 is 2.22 bits per heavy atom. The maximum absolute atomic E-state index is 5.52. The maximum atomic E-state index is 5.52. The Hall–Kier alpha value is -1.85. The fourth-order valence-corrected chi connectivity index (χ4v) is 3.20. The Labute approximate surface area is 137 Å². The second-order valence-corrected chi connectivity index (χ2v) is 6.06. The predicted octanol–water partition coefficient (Wildman–Crippen LogP) is 2.69. The van der Waals surface area contributed by atoms with Gasteiger partial charge in [0.2, 0.25) is 0 Å². The number of imidazole rings is 1. The molecule has 1 atom stereocenters. The topological polar surface area (TPSA) is 48.3 Å². The van der Waals surface area contributed by atoms with Crippen LogP contribution >= 0.6 is 0 Å². The summed E-state index contributed by atoms with van der Waals surface area (Å²) < 4.78 is 12.9. The molecule has 0 saturated carbocycles. The summed E-state index contributed by atoms with van der Waals surface area (Å²) in [6.45, 7) is 2.48. The molecule has 3 rings (SSSR count). The molecule has 0 aliphatic carbocycles. The molecule has 0 unspecified atom stereocenters. The average Bonchev–Trinajstić information content (AvgIpc) is 3.02. The van der Waals surface area contributed by atoms with Crippen molar-refractivity contribution in [1.29, 1.82) is 0 Å². The van der Waals surface area contributed by atoms with Crippen molar-refractivity contribution in [2.45, 2.75) is 25.4 Å². The van der Waals surface area contributed by atoms with E-state index < -0.39 is 0 Å². The van der Waals surface area contributed by atoms with E-state index in [2.05, 4.69) is 34.0 Å². The van der Waals surface area contributed by atoms with Crippen molar-refractivity contribution in [3.63, 3.8) is 0 Å². The molecule has 1 aliphatic heterocycles. The van der Waals surface area contributed by atoms with E-state index in [1.807, 2.05) is 24.5 Å². The van der Waals surface area contributed by atoms with Crippen molar-refractivity contribution in [2.24, 2.45) is 13.0 Å². The van der Waals surface area contributed by atoms with Gasteiger partial charge in [0.25, 0.3) is 0 Å². The molecule has 1 aromatic heterocycles. The van der Waals surface area contributed by atoms with Crippen molar-refractivity contribution in [3.8, 4) is 5.75 Å². The highest BCUT2D eigenvalue weighted by Crippen LogP contribution is 2.29. The van der Waals surface area contributed by atoms with Crippen LogP contribution in [-0.4, -0.2) is 29.9 Å². The Balaban J connectivity index is 1.74. The molecular formula is C18H25N3O2. The van der Waals surface area contributed by atoms with Crippen molar-refractivity contribution in [3.05, 3.63) is 48.0 Å². The van der Waals surface area contributed by atoms with E-state index in [0.29, 0.717) is 5.92 Å². The van der Waals surface area contributed by atoms with Gasteiger partial charge in [-0.15, -0.1) is 0 Å². The Morgan fingerprint density at radius 1 is 1.39 bits per heavy atom. The van der Waals surface area contributed by atoms with Crippen LogP contribution in [0.4, 0.5) is 0 Å². The van der Waals surface area contributed by atoms with E-state index in [9.17, 15) is 0 Å². The van der Waals surface area contributed by atoms with Crippen LogP contribution < -0.4 is 10.1 Å². The fraction of sp³-hybridized carbons (Fsp3) is 0.500. The van der Waals surface area contributed by atoms with Gasteiger partial charge in [0.15, 0.2) is 0 Å². The van der Waals surface area contributed by atoms with Crippen LogP contribution in [0, 0.1) is 5.92 Å². The van der Waals surface area contributed by atoms with Crippen LogP contribution in [0.15, 0.2) is 36.7 Å². The molecule has 0 spiro atoms. The molecule has 124 valence electrons. The number of aromatic nitrogens is 2. The number of ether oxygens (including phenoxy) is 2. The molecule has 1 aliphatic rings. The zero-order valence-corrected chi connectivity index (χ0v) is 13.9. The van der Waals surface area contributed by atoms with Crippen LogP contribution in [0.1, 0.15) is 30.3 Å². The number of nitrogens with one attached hydrogen (secondary N) is 1. The second-order valence-electron chi connectivity index (χ2n) is 6.06. The summed E-state index contributed by atoms with van der Waals surface area (Å²) in [4.78, 5) is 4.57. The smallest absolute Gasteiger partial charge is 0.125 e. The number of hydrogen-bond donors (Lipinski definition) is 1. The van der Waals surface area contributed by atoms with Gasteiger partial charge in [0, 0.05) is 39.2 Å². The Bertz CT molecular complexity index is 620. The first-order valence-electron chi connectivity index (χ1n) is 8.19. The van der Waals surface area contributed by atoms with E-state index in [-0.39, 0.29) is 6.04 Å². The van der Waals surface area contributed by atoms with Gasteiger partial charge >= 0.3 is 0 Å². The van der Waals surface area contributed by atoms with Crippen LogP contribution in [-0.2, 0) is 18.3 Å². The molecule has 1 saturated heterocycles. The van der Waals surface area contributed by atoms with E-state index >= 15 is 0 Å². The van der Waals surface area contributed by atoms with Crippen LogP contribution in [0.2, 0.25) is 0 Å². The highest BCUT2D eigenvalue weighted by molar-refractivity contribution is 5.28. The molecule has 0 bridgehead atoms. The lowest BCUT2D eigenvalue weighted by molar-refractivity contribution is 0.0518. The van der Waals surface area contributed by atoms with Gasteiger partial charge in [-0.25, -0.2) is 4.98 Å². The molecule has 23 heavy (non-hydrogen) atoms. The normalized spacial score (nSPS) is 17.1. The summed E-state index contributed by atoms with van der Waals surface area (Å²) in [6, 6.07) is 8.44. The van der Waals surface area contributed by atoms with Gasteiger partial charge in [0.1, 0.15) is 11.6 Å². The first-order chi connectivity index (χ1) is 11.3. The average molecular weight is 315 g/mol. The van der Waals surface area contributed by atoms with Crippen LogP contribution in [0.25, 0.3) is 0 Å². The van der Waals surface area contributed by atoms with Gasteiger partial charge in [0.05, 0.1) is 13.2 Å². The van der Waals surface area contributed by atoms with Gasteiger partial charge < -0.3 is 19.4 Å². The SMILES string of the molecule is COc1cccc(CN[C@H](c2nccn2C)C2CCOCC2)c1. The minimum Gasteiger partial charge on any atom is -0.497 e. The molecule has 0 amide bonds. The van der Waals surface area contributed by atoms with Crippen molar-refractivity contribution in [1.82, 2.24) is 14.9 Å². The van der Waals surface area contributed by atoms with E-state index in [0.717, 1.165) is 44.2 Å². The number of aryl methyl sites for hydroxylation is 1. The summed E-state index contributed by atoms with van der Waals surface area (Å²) in [5.41, 5.74) is 1.22. The monoisotopic (exact) mass is 315 g/mol. The number of methoxy groups -OCH3 is 1. The lowest BCUT2D eigenvalue weighted by Crippen LogP contribution is -2.33.